The Hall–Kier alpha value is -3.22. The standard InChI is InChI=1S/C22H25N3O4/c1-14-11-17(4-6-19(14)28-2)25-9-7-15(8-10-25)13-23-21(26)16-3-5-18-20(12-16)29-22(27)24-18/h3-6,11-12,15H,7-10,13H2,1-2H3,(H,23,26)(H,24,27). The Morgan fingerprint density at radius 1 is 1.24 bits per heavy atom. The molecule has 0 aliphatic carbocycles. The fourth-order valence-electron chi connectivity index (χ4n) is 3.88. The minimum absolute atomic E-state index is 0.149. The van der Waals surface area contributed by atoms with Crippen molar-refractivity contribution in [1.29, 1.82) is 0 Å². The minimum atomic E-state index is -0.517. The summed E-state index contributed by atoms with van der Waals surface area (Å²) < 4.78 is 10.4. The van der Waals surface area contributed by atoms with E-state index in [0.29, 0.717) is 29.1 Å². The lowest BCUT2D eigenvalue weighted by Gasteiger charge is -2.34. The van der Waals surface area contributed by atoms with Crippen LogP contribution in [0, 0.1) is 12.8 Å². The Balaban J connectivity index is 1.30. The number of carbonyl (C=O) groups excluding carboxylic acids is 1. The molecule has 1 amide bonds. The van der Waals surface area contributed by atoms with Crippen LogP contribution in [0.15, 0.2) is 45.6 Å². The highest BCUT2D eigenvalue weighted by Gasteiger charge is 2.21. The smallest absolute Gasteiger partial charge is 0.417 e. The largest absolute Gasteiger partial charge is 0.496 e. The zero-order valence-electron chi connectivity index (χ0n) is 16.7. The molecule has 2 heterocycles. The Bertz CT molecular complexity index is 1080. The molecule has 1 aliphatic heterocycles. The van der Waals surface area contributed by atoms with E-state index in [-0.39, 0.29) is 5.91 Å². The van der Waals surface area contributed by atoms with Gasteiger partial charge < -0.3 is 19.4 Å². The summed E-state index contributed by atoms with van der Waals surface area (Å²) >= 11 is 0. The van der Waals surface area contributed by atoms with Gasteiger partial charge in [-0.3, -0.25) is 9.78 Å². The molecular formula is C22H25N3O4. The van der Waals surface area contributed by atoms with Crippen LogP contribution in [0.4, 0.5) is 5.69 Å². The summed E-state index contributed by atoms with van der Waals surface area (Å²) in [6.07, 6.45) is 2.05. The molecule has 3 aromatic rings. The summed E-state index contributed by atoms with van der Waals surface area (Å²) in [5.41, 5.74) is 3.83. The van der Waals surface area contributed by atoms with Gasteiger partial charge in [-0.25, -0.2) is 4.79 Å². The van der Waals surface area contributed by atoms with E-state index in [1.807, 2.05) is 6.07 Å². The highest BCUT2D eigenvalue weighted by Crippen LogP contribution is 2.27. The first-order chi connectivity index (χ1) is 14.0. The van der Waals surface area contributed by atoms with Gasteiger partial charge in [-0.2, -0.15) is 0 Å². The van der Waals surface area contributed by atoms with Crippen LogP contribution < -0.4 is 20.7 Å². The number of fused-ring (bicyclic) bond motifs is 1. The molecule has 0 atom stereocenters. The lowest BCUT2D eigenvalue weighted by atomic mass is 9.96. The Labute approximate surface area is 168 Å². The van der Waals surface area contributed by atoms with Crippen molar-refractivity contribution < 1.29 is 13.9 Å². The highest BCUT2D eigenvalue weighted by atomic mass is 16.5. The molecule has 1 aromatic heterocycles. The Kier molecular flexibility index (Phi) is 5.29. The van der Waals surface area contributed by atoms with Crippen LogP contribution in [0.2, 0.25) is 0 Å². The number of aromatic amines is 1. The molecule has 0 saturated carbocycles. The maximum absolute atomic E-state index is 12.5. The first kappa shape index (κ1) is 19.1. The molecule has 29 heavy (non-hydrogen) atoms. The van der Waals surface area contributed by atoms with Crippen molar-refractivity contribution in [3.05, 3.63) is 58.1 Å². The number of anilines is 1. The van der Waals surface area contributed by atoms with Gasteiger partial charge in [-0.15, -0.1) is 0 Å². The third-order valence-electron chi connectivity index (χ3n) is 5.59. The van der Waals surface area contributed by atoms with Gasteiger partial charge in [0.25, 0.3) is 5.91 Å². The number of amides is 1. The Morgan fingerprint density at radius 3 is 2.76 bits per heavy atom. The van der Waals surface area contributed by atoms with Crippen molar-refractivity contribution in [2.45, 2.75) is 19.8 Å². The number of hydrogen-bond acceptors (Lipinski definition) is 5. The lowest BCUT2D eigenvalue weighted by Crippen LogP contribution is -2.38. The SMILES string of the molecule is COc1ccc(N2CCC(CNC(=O)c3ccc4[nH]c(=O)oc4c3)CC2)cc1C. The molecule has 7 heteroatoms. The quantitative estimate of drug-likeness (QED) is 0.693. The zero-order chi connectivity index (χ0) is 20.4. The van der Waals surface area contributed by atoms with E-state index in [4.69, 9.17) is 9.15 Å². The molecule has 0 unspecified atom stereocenters. The summed E-state index contributed by atoms with van der Waals surface area (Å²) in [7, 11) is 1.69. The number of nitrogens with zero attached hydrogens (tertiary/aromatic N) is 1. The van der Waals surface area contributed by atoms with Crippen LogP contribution in [0.5, 0.6) is 5.75 Å². The lowest BCUT2D eigenvalue weighted by molar-refractivity contribution is 0.0945. The normalized spacial score (nSPS) is 14.9. The fraction of sp³-hybridized carbons (Fsp3) is 0.364. The van der Waals surface area contributed by atoms with Gasteiger partial charge in [0.1, 0.15) is 5.75 Å². The molecule has 0 radical (unpaired) electrons. The highest BCUT2D eigenvalue weighted by molar-refractivity contribution is 5.96. The van der Waals surface area contributed by atoms with Gasteiger partial charge in [0.2, 0.25) is 0 Å². The number of rotatable bonds is 5. The van der Waals surface area contributed by atoms with Crippen LogP contribution in [0.25, 0.3) is 11.1 Å². The molecule has 0 spiro atoms. The first-order valence-electron chi connectivity index (χ1n) is 9.84. The fourth-order valence-corrected chi connectivity index (χ4v) is 3.88. The number of methoxy groups -OCH3 is 1. The van der Waals surface area contributed by atoms with E-state index in [0.717, 1.165) is 37.2 Å². The molecule has 1 aliphatic rings. The average molecular weight is 395 g/mol. The maximum atomic E-state index is 12.5. The van der Waals surface area contributed by atoms with Gasteiger partial charge in [-0.05, 0) is 67.6 Å². The second-order valence-corrected chi connectivity index (χ2v) is 7.52. The van der Waals surface area contributed by atoms with E-state index in [1.165, 1.54) is 5.69 Å². The van der Waals surface area contributed by atoms with Crippen LogP contribution in [-0.4, -0.2) is 37.6 Å². The first-order valence-corrected chi connectivity index (χ1v) is 9.84. The molecule has 0 bridgehead atoms. The number of oxazole rings is 1. The summed E-state index contributed by atoms with van der Waals surface area (Å²) in [5, 5.41) is 3.01. The van der Waals surface area contributed by atoms with E-state index < -0.39 is 5.76 Å². The van der Waals surface area contributed by atoms with Crippen LogP contribution in [0.1, 0.15) is 28.8 Å². The second-order valence-electron chi connectivity index (χ2n) is 7.52. The van der Waals surface area contributed by atoms with Gasteiger partial charge in [0.05, 0.1) is 12.6 Å². The van der Waals surface area contributed by atoms with E-state index >= 15 is 0 Å². The third kappa shape index (κ3) is 4.13. The van der Waals surface area contributed by atoms with Crippen molar-refractivity contribution in [3.63, 3.8) is 0 Å². The summed E-state index contributed by atoms with van der Waals surface area (Å²) in [6.45, 7) is 4.63. The maximum Gasteiger partial charge on any atom is 0.417 e. The molecule has 152 valence electrons. The van der Waals surface area contributed by atoms with Crippen LogP contribution in [0.3, 0.4) is 0 Å². The molecule has 1 saturated heterocycles. The molecule has 1 fully saturated rings. The predicted octanol–water partition coefficient (Wildman–Crippen LogP) is 3.08. The van der Waals surface area contributed by atoms with Gasteiger partial charge in [-0.1, -0.05) is 0 Å². The number of carbonyl (C=O) groups is 1. The van der Waals surface area contributed by atoms with Crippen molar-refractivity contribution in [2.75, 3.05) is 31.6 Å². The van der Waals surface area contributed by atoms with Gasteiger partial charge >= 0.3 is 5.76 Å². The van der Waals surface area contributed by atoms with Crippen molar-refractivity contribution in [1.82, 2.24) is 10.3 Å². The van der Waals surface area contributed by atoms with E-state index in [9.17, 15) is 9.59 Å². The van der Waals surface area contributed by atoms with Crippen molar-refractivity contribution >= 4 is 22.7 Å². The topological polar surface area (TPSA) is 87.6 Å². The number of nitrogens with one attached hydrogen (secondary N) is 2. The second kappa shape index (κ2) is 8.03. The van der Waals surface area contributed by atoms with Gasteiger partial charge in [0.15, 0.2) is 5.58 Å². The summed E-state index contributed by atoms with van der Waals surface area (Å²) in [6, 6.07) is 11.2. The van der Waals surface area contributed by atoms with E-state index in [1.54, 1.807) is 25.3 Å². The summed E-state index contributed by atoms with van der Waals surface area (Å²) in [5.74, 6) is 0.687. The molecule has 2 aromatic carbocycles. The molecule has 7 nitrogen and oxygen atoms in total. The number of aromatic nitrogens is 1. The van der Waals surface area contributed by atoms with Gasteiger partial charge in [0, 0.05) is 30.9 Å². The number of H-pyrrole nitrogens is 1. The molecular weight excluding hydrogens is 370 g/mol. The monoisotopic (exact) mass is 395 g/mol. The van der Waals surface area contributed by atoms with Crippen LogP contribution >= 0.6 is 0 Å². The minimum Gasteiger partial charge on any atom is -0.496 e. The van der Waals surface area contributed by atoms with Crippen LogP contribution in [-0.2, 0) is 0 Å². The zero-order valence-corrected chi connectivity index (χ0v) is 16.7. The summed E-state index contributed by atoms with van der Waals surface area (Å²) in [4.78, 5) is 28.7. The number of piperidine rings is 1. The molecule has 2 N–H and O–H groups in total. The van der Waals surface area contributed by atoms with E-state index in [2.05, 4.69) is 34.3 Å². The average Bonchev–Trinajstić information content (AvgIpc) is 3.11. The van der Waals surface area contributed by atoms with Crippen molar-refractivity contribution in [2.24, 2.45) is 5.92 Å². The third-order valence-corrected chi connectivity index (χ3v) is 5.59. The number of ether oxygens (including phenoxy) is 1. The van der Waals surface area contributed by atoms with Crippen molar-refractivity contribution in [3.8, 4) is 5.75 Å². The number of hydrogen-bond donors (Lipinski definition) is 2. The number of aryl methyl sites for hydroxylation is 1. The number of benzene rings is 2. The predicted molar refractivity (Wildman–Crippen MR) is 112 cm³/mol. The Morgan fingerprint density at radius 2 is 2.03 bits per heavy atom. The molecule has 4 rings (SSSR count).